The Labute approximate surface area is 154 Å². The number of anilines is 1. The predicted molar refractivity (Wildman–Crippen MR) is 95.9 cm³/mol. The fraction of sp³-hybridized carbons (Fsp3) is 0.200. The van der Waals surface area contributed by atoms with Crippen LogP contribution in [0.5, 0.6) is 0 Å². The molecule has 0 aliphatic heterocycles. The molecule has 1 heterocycles. The number of aromatic nitrogens is 1. The van der Waals surface area contributed by atoms with Gasteiger partial charge in [0.25, 0.3) is 0 Å². The number of amides is 1. The fourth-order valence-corrected chi connectivity index (χ4v) is 3.44. The molecule has 2 rings (SSSR count). The second-order valence-corrected chi connectivity index (χ2v) is 8.64. The van der Waals surface area contributed by atoms with E-state index in [9.17, 15) is 17.6 Å². The van der Waals surface area contributed by atoms with Crippen molar-refractivity contribution in [1.29, 1.82) is 0 Å². The third kappa shape index (κ3) is 5.15. The van der Waals surface area contributed by atoms with E-state index in [4.69, 9.17) is 11.6 Å². The highest BCUT2D eigenvalue weighted by Crippen LogP contribution is 2.23. The fourth-order valence-electron chi connectivity index (χ4n) is 1.73. The van der Waals surface area contributed by atoms with E-state index >= 15 is 0 Å². The van der Waals surface area contributed by atoms with Crippen LogP contribution < -0.4 is 5.32 Å². The summed E-state index contributed by atoms with van der Waals surface area (Å²) < 4.78 is 37.9. The summed E-state index contributed by atoms with van der Waals surface area (Å²) in [6, 6.07) is 6.63. The number of pyridine rings is 1. The number of rotatable bonds is 6. The molecule has 0 bridgehead atoms. The molecular weight excluding hydrogens is 389 g/mol. The Kier molecular flexibility index (Phi) is 6.39. The first-order valence-corrected chi connectivity index (χ1v) is 9.77. The van der Waals surface area contributed by atoms with Crippen molar-refractivity contribution in [3.8, 4) is 0 Å². The van der Waals surface area contributed by atoms with Gasteiger partial charge in [0.15, 0.2) is 0 Å². The number of thioether (sulfide) groups is 1. The highest BCUT2D eigenvalue weighted by atomic mass is 35.5. The molecule has 0 saturated heterocycles. The van der Waals surface area contributed by atoms with E-state index in [0.717, 1.165) is 22.1 Å². The topological polar surface area (TPSA) is 79.4 Å². The van der Waals surface area contributed by atoms with E-state index in [0.29, 0.717) is 10.7 Å². The van der Waals surface area contributed by atoms with Crippen LogP contribution in [-0.4, -0.2) is 43.5 Å². The standard InChI is InChI=1S/C15H15ClFN3O3S2/c1-20(2)25(22,23)11-4-6-15(18-8-11)24-9-14(21)19-13-5-3-10(17)7-12(13)16/h3-8H,9H2,1-2H3,(H,19,21). The number of hydrogen-bond donors (Lipinski definition) is 1. The van der Waals surface area contributed by atoms with Gasteiger partial charge >= 0.3 is 0 Å². The van der Waals surface area contributed by atoms with Crippen LogP contribution in [0.3, 0.4) is 0 Å². The first kappa shape index (κ1) is 19.6. The van der Waals surface area contributed by atoms with Crippen LogP contribution in [0.25, 0.3) is 0 Å². The van der Waals surface area contributed by atoms with Gasteiger partial charge in [-0.2, -0.15) is 0 Å². The minimum Gasteiger partial charge on any atom is -0.324 e. The van der Waals surface area contributed by atoms with Crippen molar-refractivity contribution in [2.45, 2.75) is 9.92 Å². The van der Waals surface area contributed by atoms with Gasteiger partial charge in [0.2, 0.25) is 15.9 Å². The molecule has 0 saturated carbocycles. The van der Waals surface area contributed by atoms with Crippen LogP contribution in [-0.2, 0) is 14.8 Å². The van der Waals surface area contributed by atoms with Gasteiger partial charge in [-0.25, -0.2) is 22.1 Å². The maximum Gasteiger partial charge on any atom is 0.244 e. The molecule has 0 atom stereocenters. The second-order valence-electron chi connectivity index (χ2n) is 5.08. The molecule has 0 fully saturated rings. The highest BCUT2D eigenvalue weighted by molar-refractivity contribution is 7.99. The first-order chi connectivity index (χ1) is 11.7. The minimum absolute atomic E-state index is 0.0421. The van der Waals surface area contributed by atoms with Crippen molar-refractivity contribution in [1.82, 2.24) is 9.29 Å². The minimum atomic E-state index is -3.54. The van der Waals surface area contributed by atoms with Crippen LogP contribution >= 0.6 is 23.4 Å². The van der Waals surface area contributed by atoms with Crippen molar-refractivity contribution < 1.29 is 17.6 Å². The molecule has 1 aromatic carbocycles. The molecule has 134 valence electrons. The summed E-state index contributed by atoms with van der Waals surface area (Å²) in [5.74, 6) is -0.792. The number of nitrogens with zero attached hydrogens (tertiary/aromatic N) is 2. The molecule has 1 N–H and O–H groups in total. The average Bonchev–Trinajstić information content (AvgIpc) is 2.56. The smallest absolute Gasteiger partial charge is 0.244 e. The Morgan fingerprint density at radius 3 is 2.60 bits per heavy atom. The molecule has 0 unspecified atom stereocenters. The number of carbonyl (C=O) groups excluding carboxylic acids is 1. The van der Waals surface area contributed by atoms with Crippen molar-refractivity contribution >= 4 is 45.0 Å². The van der Waals surface area contributed by atoms with Crippen molar-refractivity contribution in [3.05, 3.63) is 47.4 Å². The zero-order valence-electron chi connectivity index (χ0n) is 13.4. The van der Waals surface area contributed by atoms with Crippen molar-refractivity contribution in [3.63, 3.8) is 0 Å². The number of nitrogens with one attached hydrogen (secondary N) is 1. The van der Waals surface area contributed by atoms with Crippen LogP contribution in [0, 0.1) is 5.82 Å². The normalized spacial score (nSPS) is 11.6. The van der Waals surface area contributed by atoms with Gasteiger partial charge in [-0.15, -0.1) is 0 Å². The van der Waals surface area contributed by atoms with Gasteiger partial charge in [-0.1, -0.05) is 23.4 Å². The van der Waals surface area contributed by atoms with E-state index in [1.165, 1.54) is 44.6 Å². The summed E-state index contributed by atoms with van der Waals surface area (Å²) in [6.45, 7) is 0. The van der Waals surface area contributed by atoms with Gasteiger partial charge in [0.05, 0.1) is 21.5 Å². The van der Waals surface area contributed by atoms with Gasteiger partial charge in [0.1, 0.15) is 10.7 Å². The molecular formula is C15H15ClFN3O3S2. The molecule has 0 aliphatic carbocycles. The summed E-state index contributed by atoms with van der Waals surface area (Å²) in [4.78, 5) is 16.0. The van der Waals surface area contributed by atoms with Crippen molar-refractivity contribution in [2.24, 2.45) is 0 Å². The lowest BCUT2D eigenvalue weighted by Crippen LogP contribution is -2.22. The number of sulfonamides is 1. The lowest BCUT2D eigenvalue weighted by molar-refractivity contribution is -0.113. The quantitative estimate of drug-likeness (QED) is 0.750. The maximum atomic E-state index is 13.0. The summed E-state index contributed by atoms with van der Waals surface area (Å²) in [6.07, 6.45) is 1.24. The Bertz CT molecular complexity index is 874. The molecule has 0 radical (unpaired) electrons. The number of benzene rings is 1. The molecule has 1 amide bonds. The van der Waals surface area contributed by atoms with Gasteiger partial charge in [0, 0.05) is 20.3 Å². The summed E-state index contributed by atoms with van der Waals surface area (Å²) >= 11 is 6.98. The summed E-state index contributed by atoms with van der Waals surface area (Å²) in [5.41, 5.74) is 0.314. The van der Waals surface area contributed by atoms with E-state index in [1.807, 2.05) is 0 Å². The molecule has 6 nitrogen and oxygen atoms in total. The van der Waals surface area contributed by atoms with E-state index < -0.39 is 15.8 Å². The Hall–Kier alpha value is -1.68. The Morgan fingerprint density at radius 2 is 2.04 bits per heavy atom. The number of carbonyl (C=O) groups is 1. The number of hydrogen-bond acceptors (Lipinski definition) is 5. The average molecular weight is 404 g/mol. The van der Waals surface area contributed by atoms with Gasteiger partial charge < -0.3 is 5.32 Å². The third-order valence-corrected chi connectivity index (χ3v) is 6.10. The van der Waals surface area contributed by atoms with E-state index in [-0.39, 0.29) is 21.6 Å². The number of halogens is 2. The van der Waals surface area contributed by atoms with Crippen LogP contribution in [0.1, 0.15) is 0 Å². The predicted octanol–water partition coefficient (Wildman–Crippen LogP) is 2.86. The maximum absolute atomic E-state index is 13.0. The monoisotopic (exact) mass is 403 g/mol. The van der Waals surface area contributed by atoms with Gasteiger partial charge in [-0.3, -0.25) is 4.79 Å². The third-order valence-electron chi connectivity index (χ3n) is 3.04. The lowest BCUT2D eigenvalue weighted by Gasteiger charge is -2.11. The van der Waals surface area contributed by atoms with E-state index in [1.54, 1.807) is 0 Å². The molecule has 0 spiro atoms. The summed E-state index contributed by atoms with van der Waals surface area (Å²) in [5, 5.41) is 3.17. The highest BCUT2D eigenvalue weighted by Gasteiger charge is 2.17. The molecule has 25 heavy (non-hydrogen) atoms. The molecule has 2 aromatic rings. The second kappa shape index (κ2) is 8.13. The zero-order valence-corrected chi connectivity index (χ0v) is 15.8. The molecule has 1 aromatic heterocycles. The zero-order chi connectivity index (χ0) is 18.6. The lowest BCUT2D eigenvalue weighted by atomic mass is 10.3. The molecule has 0 aliphatic rings. The van der Waals surface area contributed by atoms with E-state index in [2.05, 4.69) is 10.3 Å². The van der Waals surface area contributed by atoms with Crippen LogP contribution in [0.2, 0.25) is 5.02 Å². The SMILES string of the molecule is CN(C)S(=O)(=O)c1ccc(SCC(=O)Nc2ccc(F)cc2Cl)nc1. The first-order valence-electron chi connectivity index (χ1n) is 6.96. The van der Waals surface area contributed by atoms with Gasteiger partial charge in [-0.05, 0) is 30.3 Å². The van der Waals surface area contributed by atoms with Crippen LogP contribution in [0.4, 0.5) is 10.1 Å². The Morgan fingerprint density at radius 1 is 1.32 bits per heavy atom. The van der Waals surface area contributed by atoms with Crippen LogP contribution in [0.15, 0.2) is 46.5 Å². The van der Waals surface area contributed by atoms with Crippen molar-refractivity contribution in [2.75, 3.05) is 25.2 Å². The molecule has 10 heteroatoms. The largest absolute Gasteiger partial charge is 0.324 e. The Balaban J connectivity index is 1.96. The summed E-state index contributed by atoms with van der Waals surface area (Å²) in [7, 11) is -0.670.